The summed E-state index contributed by atoms with van der Waals surface area (Å²) in [7, 11) is 2.86. The number of nitrogens with one attached hydrogen (secondary N) is 2. The number of aromatic hydroxyl groups is 1. The van der Waals surface area contributed by atoms with Crippen molar-refractivity contribution in [3.63, 3.8) is 0 Å². The average molecular weight is 801 g/mol. The zero-order valence-corrected chi connectivity index (χ0v) is 32.3. The Labute approximate surface area is 333 Å². The highest BCUT2D eigenvalue weighted by Gasteiger charge is 2.68. The van der Waals surface area contributed by atoms with Gasteiger partial charge in [0, 0.05) is 37.2 Å². The Hall–Kier alpha value is -5.95. The van der Waals surface area contributed by atoms with Crippen molar-refractivity contribution in [3.05, 3.63) is 88.0 Å². The van der Waals surface area contributed by atoms with Crippen LogP contribution in [0.2, 0.25) is 0 Å². The number of aromatic nitrogens is 3. The molecule has 308 valence electrons. The van der Waals surface area contributed by atoms with Crippen LogP contribution in [0.4, 0.5) is 5.69 Å². The van der Waals surface area contributed by atoms with Gasteiger partial charge >= 0.3 is 0 Å². The molecule has 3 aromatic rings. The first-order valence-electron chi connectivity index (χ1n) is 18.9. The second kappa shape index (κ2) is 16.5. The van der Waals surface area contributed by atoms with Crippen LogP contribution >= 0.6 is 0 Å². The van der Waals surface area contributed by atoms with Crippen LogP contribution in [0.25, 0.3) is 5.76 Å². The van der Waals surface area contributed by atoms with Crippen LogP contribution in [0.5, 0.6) is 5.75 Å². The molecule has 3 aliphatic carbocycles. The van der Waals surface area contributed by atoms with Crippen molar-refractivity contribution in [1.82, 2.24) is 25.2 Å². The SMILES string of the molecule is C[C@H]1c2ccc(NC(=O)CCCc3cn(CCCNC(=O)[C@@H](N)Cc4ccccc4)nn3)c(O)c2C(O)=C2C(=O)[C@]3(O)C(O)=C(C(N)=O)C(=O)[C@@H](N(C)C)C3[C@@H](O)C21. The summed E-state index contributed by atoms with van der Waals surface area (Å²) < 4.78 is 1.64. The number of phenols is 1. The van der Waals surface area contributed by atoms with Gasteiger partial charge in [-0.1, -0.05) is 48.5 Å². The number of Topliss-reactive ketones (excluding diaryl/α,β-unsaturated/α-hetero) is 2. The van der Waals surface area contributed by atoms with Gasteiger partial charge in [-0.05, 0) is 62.9 Å². The number of aryl methyl sites for hydroxylation is 2. The minimum atomic E-state index is -3.04. The summed E-state index contributed by atoms with van der Waals surface area (Å²) in [6.07, 6.45) is 1.85. The highest BCUT2D eigenvalue weighted by Crippen LogP contribution is 2.56. The van der Waals surface area contributed by atoms with E-state index in [2.05, 4.69) is 20.9 Å². The molecule has 58 heavy (non-hydrogen) atoms. The number of anilines is 1. The molecule has 11 N–H and O–H groups in total. The molecule has 1 saturated carbocycles. The minimum absolute atomic E-state index is 0.0167. The van der Waals surface area contributed by atoms with Crippen molar-refractivity contribution >= 4 is 40.7 Å². The zero-order valence-electron chi connectivity index (χ0n) is 32.3. The first-order chi connectivity index (χ1) is 27.5. The van der Waals surface area contributed by atoms with Gasteiger partial charge in [0.25, 0.3) is 5.91 Å². The summed E-state index contributed by atoms with van der Waals surface area (Å²) in [5.74, 6) is -10.8. The minimum Gasteiger partial charge on any atom is -0.508 e. The van der Waals surface area contributed by atoms with Crippen molar-refractivity contribution in [2.45, 2.75) is 75.3 Å². The number of aliphatic hydroxyl groups is 4. The summed E-state index contributed by atoms with van der Waals surface area (Å²) in [5.41, 5.74) is 8.44. The number of hydrogen-bond donors (Lipinski definition) is 9. The van der Waals surface area contributed by atoms with Crippen LogP contribution in [0.1, 0.15) is 54.5 Å². The van der Waals surface area contributed by atoms with Gasteiger partial charge in [-0.15, -0.1) is 5.10 Å². The number of benzene rings is 2. The summed E-state index contributed by atoms with van der Waals surface area (Å²) in [6, 6.07) is 10.3. The molecular formula is C40H48N8O10. The molecule has 0 radical (unpaired) electrons. The fraction of sp³-hybridized carbons (Fsp3) is 0.425. The number of primary amides is 1. The van der Waals surface area contributed by atoms with Crippen LogP contribution in [0, 0.1) is 11.8 Å². The number of carbonyl (C=O) groups excluding carboxylic acids is 5. The fourth-order valence-electron chi connectivity index (χ4n) is 8.47. The number of fused-ring (bicyclic) bond motifs is 3. The van der Waals surface area contributed by atoms with Crippen molar-refractivity contribution in [1.29, 1.82) is 0 Å². The van der Waals surface area contributed by atoms with Crippen LogP contribution < -0.4 is 22.1 Å². The number of carbonyl (C=O) groups is 5. The molecule has 18 nitrogen and oxygen atoms in total. The number of hydrogen-bond acceptors (Lipinski definition) is 14. The van der Waals surface area contributed by atoms with Gasteiger partial charge in [0.15, 0.2) is 11.4 Å². The maximum absolute atomic E-state index is 14.2. The molecule has 0 aliphatic heterocycles. The zero-order chi connectivity index (χ0) is 42.2. The Morgan fingerprint density at radius 1 is 1.05 bits per heavy atom. The molecular weight excluding hydrogens is 752 g/mol. The lowest BCUT2D eigenvalue weighted by Crippen LogP contribution is -2.70. The number of likely N-dealkylation sites (N-methyl/N-ethyl adjacent to an activating group) is 1. The number of phenolic OH excluding ortho intramolecular Hbond substituents is 1. The normalized spacial score (nSPS) is 24.6. The van der Waals surface area contributed by atoms with E-state index < -0.39 is 93.3 Å². The lowest BCUT2D eigenvalue weighted by molar-refractivity contribution is -0.169. The van der Waals surface area contributed by atoms with Crippen molar-refractivity contribution in [2.24, 2.45) is 23.3 Å². The molecule has 1 aromatic heterocycles. The number of nitrogens with two attached hydrogens (primary N) is 2. The quantitative estimate of drug-likeness (QED) is 0.0595. The molecule has 6 rings (SSSR count). The predicted octanol–water partition coefficient (Wildman–Crippen LogP) is 0.125. The smallest absolute Gasteiger partial charge is 0.255 e. The molecule has 0 spiro atoms. The lowest BCUT2D eigenvalue weighted by atomic mass is 9.54. The molecule has 0 bridgehead atoms. The number of rotatable bonds is 14. The third kappa shape index (κ3) is 7.46. The molecule has 2 unspecified atom stereocenters. The molecule has 3 aliphatic rings. The molecule has 2 aromatic carbocycles. The number of aliphatic hydroxyl groups excluding tert-OH is 3. The van der Waals surface area contributed by atoms with Crippen LogP contribution in [0.3, 0.4) is 0 Å². The first kappa shape index (κ1) is 41.7. The molecule has 1 fully saturated rings. The summed E-state index contributed by atoms with van der Waals surface area (Å²) in [4.78, 5) is 66.5. The van der Waals surface area contributed by atoms with Gasteiger partial charge in [-0.2, -0.15) is 0 Å². The third-order valence-corrected chi connectivity index (χ3v) is 11.3. The van der Waals surface area contributed by atoms with E-state index in [1.807, 2.05) is 30.3 Å². The van der Waals surface area contributed by atoms with E-state index >= 15 is 0 Å². The van der Waals surface area contributed by atoms with Gasteiger partial charge in [0.05, 0.1) is 41.1 Å². The predicted molar refractivity (Wildman–Crippen MR) is 208 cm³/mol. The highest BCUT2D eigenvalue weighted by atomic mass is 16.4. The Balaban J connectivity index is 1.08. The summed E-state index contributed by atoms with van der Waals surface area (Å²) in [5, 5.41) is 71.4. The van der Waals surface area contributed by atoms with Crippen LogP contribution in [-0.2, 0) is 43.4 Å². The van der Waals surface area contributed by atoms with E-state index in [0.29, 0.717) is 50.0 Å². The van der Waals surface area contributed by atoms with E-state index in [1.54, 1.807) is 17.8 Å². The van der Waals surface area contributed by atoms with Gasteiger partial charge in [0.1, 0.15) is 22.8 Å². The maximum atomic E-state index is 14.2. The monoisotopic (exact) mass is 800 g/mol. The molecule has 3 amide bonds. The van der Waals surface area contributed by atoms with Gasteiger partial charge in [-0.25, -0.2) is 0 Å². The molecule has 1 heterocycles. The second-order valence-electron chi connectivity index (χ2n) is 15.3. The lowest BCUT2D eigenvalue weighted by Gasteiger charge is -2.53. The van der Waals surface area contributed by atoms with E-state index in [0.717, 1.165) is 5.56 Å². The molecule has 18 heteroatoms. The fourth-order valence-corrected chi connectivity index (χ4v) is 8.47. The first-order valence-corrected chi connectivity index (χ1v) is 18.9. The summed E-state index contributed by atoms with van der Waals surface area (Å²) >= 11 is 0. The average Bonchev–Trinajstić information content (AvgIpc) is 3.63. The van der Waals surface area contributed by atoms with E-state index in [4.69, 9.17) is 11.5 Å². The maximum Gasteiger partial charge on any atom is 0.255 e. The third-order valence-electron chi connectivity index (χ3n) is 11.3. The van der Waals surface area contributed by atoms with Crippen LogP contribution in [0.15, 0.2) is 65.6 Å². The molecule has 0 saturated heterocycles. The van der Waals surface area contributed by atoms with Crippen molar-refractivity contribution < 1.29 is 49.5 Å². The Morgan fingerprint density at radius 3 is 2.43 bits per heavy atom. The Morgan fingerprint density at radius 2 is 1.76 bits per heavy atom. The topological polar surface area (TPSA) is 297 Å². The van der Waals surface area contributed by atoms with Crippen molar-refractivity contribution in [3.8, 4) is 5.75 Å². The largest absolute Gasteiger partial charge is 0.508 e. The number of ketones is 2. The second-order valence-corrected chi connectivity index (χ2v) is 15.3. The van der Waals surface area contributed by atoms with Crippen LogP contribution in [-0.4, -0.2) is 119 Å². The molecule has 7 atom stereocenters. The van der Waals surface area contributed by atoms with E-state index in [9.17, 15) is 49.5 Å². The number of amides is 3. The van der Waals surface area contributed by atoms with Gasteiger partial charge in [-0.3, -0.25) is 33.6 Å². The number of nitrogens with zero attached hydrogens (tertiary/aromatic N) is 4. The Kier molecular flexibility index (Phi) is 11.9. The standard InChI is InChI=1S/C40H48N8O10/c1-19-22-13-14-24(44-25(49)12-7-11-21-18-48(46-45-21)16-8-15-43-39(57)23(41)17-20-9-5-4-6-10-20)32(50)27(22)33(51)28-26(19)34(52)30-31(47(2)3)35(53)29(38(42)56)37(55)40(30,58)36(28)54/h4-6,9-10,13-14,18-19,23,26,30-31,34,50-52,55,58H,7-8,11-12,15-17,41H2,1-3H3,(H2,42,56)(H,43,57)(H,44,49)/t19-,23-,26?,30?,31-,34-,40-/m0/s1. The van der Waals surface area contributed by atoms with E-state index in [-0.39, 0.29) is 23.6 Å². The van der Waals surface area contributed by atoms with E-state index in [1.165, 1.54) is 31.1 Å². The summed E-state index contributed by atoms with van der Waals surface area (Å²) in [6.45, 7) is 2.51. The highest BCUT2D eigenvalue weighted by molar-refractivity contribution is 6.24. The van der Waals surface area contributed by atoms with Gasteiger partial charge < -0.3 is 47.6 Å². The van der Waals surface area contributed by atoms with Gasteiger partial charge in [0.2, 0.25) is 17.6 Å². The van der Waals surface area contributed by atoms with Crippen molar-refractivity contribution in [2.75, 3.05) is 26.0 Å². The Bertz CT molecular complexity index is 2200.